The first-order valence-electron chi connectivity index (χ1n) is 6.18. The van der Waals surface area contributed by atoms with Crippen molar-refractivity contribution in [1.82, 2.24) is 9.55 Å². The molecule has 0 aliphatic carbocycles. The number of hydrogen-bond acceptors (Lipinski definition) is 3. The molecule has 2 rings (SSSR count). The predicted molar refractivity (Wildman–Crippen MR) is 71.3 cm³/mol. The van der Waals surface area contributed by atoms with Crippen LogP contribution >= 0.6 is 0 Å². The van der Waals surface area contributed by atoms with E-state index in [9.17, 15) is 0 Å². The van der Waals surface area contributed by atoms with Crippen molar-refractivity contribution in [3.63, 3.8) is 0 Å². The lowest BCUT2D eigenvalue weighted by Gasteiger charge is -2.10. The summed E-state index contributed by atoms with van der Waals surface area (Å²) in [5.74, 6) is 0.841. The van der Waals surface area contributed by atoms with E-state index in [1.807, 2.05) is 43.7 Å². The van der Waals surface area contributed by atoms with Crippen molar-refractivity contribution in [2.45, 2.75) is 33.0 Å². The van der Waals surface area contributed by atoms with Gasteiger partial charge in [0.2, 0.25) is 0 Å². The molecule has 0 spiro atoms. The first-order valence-corrected chi connectivity index (χ1v) is 6.18. The molecule has 1 aromatic carbocycles. The fraction of sp³-hybridized carbons (Fsp3) is 0.357. The Balaban J connectivity index is 2.04. The van der Waals surface area contributed by atoms with Crippen molar-refractivity contribution >= 4 is 0 Å². The highest BCUT2D eigenvalue weighted by Gasteiger charge is 2.04. The van der Waals surface area contributed by atoms with Gasteiger partial charge < -0.3 is 15.0 Å². The second-order valence-electron chi connectivity index (χ2n) is 4.32. The van der Waals surface area contributed by atoms with E-state index in [1.165, 1.54) is 0 Å². The molecule has 1 aromatic heterocycles. The third kappa shape index (κ3) is 2.90. The largest absolute Gasteiger partial charge is 0.487 e. The predicted octanol–water partition coefficient (Wildman–Crippen LogP) is 2.50. The summed E-state index contributed by atoms with van der Waals surface area (Å²) in [6.07, 6.45) is 3.65. The molecule has 0 bridgehead atoms. The average Bonchev–Trinajstić information content (AvgIpc) is 2.84. The fourth-order valence-electron chi connectivity index (χ4n) is 1.80. The third-order valence-corrected chi connectivity index (χ3v) is 2.91. The Morgan fingerprint density at radius 1 is 1.44 bits per heavy atom. The molecule has 0 saturated heterocycles. The van der Waals surface area contributed by atoms with Crippen LogP contribution in [-0.4, -0.2) is 9.55 Å². The number of aryl methyl sites for hydroxylation is 1. The first kappa shape index (κ1) is 12.6. The normalized spacial score (nSPS) is 12.4. The quantitative estimate of drug-likeness (QED) is 0.880. The van der Waals surface area contributed by atoms with Gasteiger partial charge in [0.25, 0.3) is 0 Å². The van der Waals surface area contributed by atoms with E-state index >= 15 is 0 Å². The van der Waals surface area contributed by atoms with Crippen molar-refractivity contribution in [3.05, 3.63) is 48.0 Å². The second-order valence-corrected chi connectivity index (χ2v) is 4.32. The van der Waals surface area contributed by atoms with Gasteiger partial charge in [0.1, 0.15) is 12.4 Å². The van der Waals surface area contributed by atoms with E-state index in [-0.39, 0.29) is 6.04 Å². The van der Waals surface area contributed by atoms with Gasteiger partial charge in [-0.3, -0.25) is 0 Å². The van der Waals surface area contributed by atoms with Gasteiger partial charge in [-0.1, -0.05) is 12.1 Å². The maximum absolute atomic E-state index is 5.85. The topological polar surface area (TPSA) is 53.1 Å². The van der Waals surface area contributed by atoms with Crippen LogP contribution in [0.3, 0.4) is 0 Å². The summed E-state index contributed by atoms with van der Waals surface area (Å²) in [7, 11) is 0. The zero-order valence-electron chi connectivity index (χ0n) is 10.8. The number of nitrogens with zero attached hydrogens (tertiary/aromatic N) is 2. The van der Waals surface area contributed by atoms with Crippen molar-refractivity contribution in [1.29, 1.82) is 0 Å². The zero-order valence-corrected chi connectivity index (χ0v) is 10.8. The van der Waals surface area contributed by atoms with Gasteiger partial charge in [0.05, 0.1) is 18.2 Å². The number of benzene rings is 1. The number of nitrogens with two attached hydrogens (primary N) is 1. The van der Waals surface area contributed by atoms with Crippen LogP contribution in [0.25, 0.3) is 0 Å². The monoisotopic (exact) mass is 245 g/mol. The summed E-state index contributed by atoms with van der Waals surface area (Å²) in [6.45, 7) is 5.47. The van der Waals surface area contributed by atoms with Crippen LogP contribution in [0.1, 0.15) is 31.1 Å². The molecule has 96 valence electrons. The van der Waals surface area contributed by atoms with Crippen LogP contribution in [0.4, 0.5) is 0 Å². The van der Waals surface area contributed by atoms with E-state index in [4.69, 9.17) is 10.5 Å². The molecule has 0 fully saturated rings. The van der Waals surface area contributed by atoms with Crippen molar-refractivity contribution in [3.8, 4) is 5.75 Å². The van der Waals surface area contributed by atoms with Crippen LogP contribution in [0.15, 0.2) is 36.8 Å². The number of rotatable bonds is 5. The minimum Gasteiger partial charge on any atom is -0.487 e. The molecule has 0 radical (unpaired) electrons. The zero-order chi connectivity index (χ0) is 13.0. The maximum Gasteiger partial charge on any atom is 0.130 e. The molecule has 1 atom stereocenters. The number of aromatic nitrogens is 2. The van der Waals surface area contributed by atoms with Crippen LogP contribution in [0, 0.1) is 0 Å². The molecule has 0 aliphatic rings. The molecule has 0 aliphatic heterocycles. The molecule has 0 unspecified atom stereocenters. The summed E-state index contributed by atoms with van der Waals surface area (Å²) in [6, 6.07) is 7.92. The van der Waals surface area contributed by atoms with Crippen LogP contribution in [0.5, 0.6) is 5.75 Å². The van der Waals surface area contributed by atoms with Crippen molar-refractivity contribution < 1.29 is 4.74 Å². The van der Waals surface area contributed by atoms with Gasteiger partial charge >= 0.3 is 0 Å². The van der Waals surface area contributed by atoms with Crippen molar-refractivity contribution in [2.75, 3.05) is 0 Å². The van der Waals surface area contributed by atoms with Crippen LogP contribution in [-0.2, 0) is 13.2 Å². The molecule has 2 aromatic rings. The maximum atomic E-state index is 5.85. The minimum atomic E-state index is 0.0229. The van der Waals surface area contributed by atoms with Crippen LogP contribution < -0.4 is 10.5 Å². The highest BCUT2D eigenvalue weighted by atomic mass is 16.5. The van der Waals surface area contributed by atoms with E-state index in [0.717, 1.165) is 23.6 Å². The summed E-state index contributed by atoms with van der Waals surface area (Å²) in [5, 5.41) is 0. The second kappa shape index (κ2) is 5.69. The average molecular weight is 245 g/mol. The molecule has 1 heterocycles. The Morgan fingerprint density at radius 3 is 3.00 bits per heavy atom. The smallest absolute Gasteiger partial charge is 0.130 e. The highest BCUT2D eigenvalue weighted by Crippen LogP contribution is 2.18. The van der Waals surface area contributed by atoms with Crippen molar-refractivity contribution in [2.24, 2.45) is 5.73 Å². The summed E-state index contributed by atoms with van der Waals surface area (Å²) in [5.41, 5.74) is 8.00. The van der Waals surface area contributed by atoms with Gasteiger partial charge in [-0.2, -0.15) is 0 Å². The van der Waals surface area contributed by atoms with E-state index < -0.39 is 0 Å². The van der Waals surface area contributed by atoms with E-state index in [2.05, 4.69) is 16.5 Å². The lowest BCUT2D eigenvalue weighted by Crippen LogP contribution is -2.06. The van der Waals surface area contributed by atoms with Gasteiger partial charge in [-0.25, -0.2) is 4.98 Å². The first-order chi connectivity index (χ1) is 8.70. The Bertz CT molecular complexity index is 505. The number of imidazole rings is 1. The minimum absolute atomic E-state index is 0.0229. The Hall–Kier alpha value is -1.81. The lowest BCUT2D eigenvalue weighted by molar-refractivity contribution is 0.295. The third-order valence-electron chi connectivity index (χ3n) is 2.91. The summed E-state index contributed by atoms with van der Waals surface area (Å²) >= 11 is 0. The lowest BCUT2D eigenvalue weighted by atomic mass is 10.1. The standard InChI is InChI=1S/C14H19N3O/c1-3-17-10-16-8-13(17)9-18-14-6-4-5-12(7-14)11(2)15/h4-8,10-11H,3,9,15H2,1-2H3/t11-/m1/s1. The molecule has 0 amide bonds. The van der Waals surface area contributed by atoms with E-state index in [0.29, 0.717) is 6.61 Å². The molecular formula is C14H19N3O. The molecule has 0 saturated carbocycles. The van der Waals surface area contributed by atoms with Gasteiger partial charge in [0, 0.05) is 12.6 Å². The Morgan fingerprint density at radius 2 is 2.28 bits per heavy atom. The van der Waals surface area contributed by atoms with Gasteiger partial charge in [-0.15, -0.1) is 0 Å². The van der Waals surface area contributed by atoms with Gasteiger partial charge in [0.15, 0.2) is 0 Å². The van der Waals surface area contributed by atoms with Crippen LogP contribution in [0.2, 0.25) is 0 Å². The summed E-state index contributed by atoms with van der Waals surface area (Å²) in [4.78, 5) is 4.11. The SMILES string of the molecule is CCn1cncc1COc1cccc([C@@H](C)N)c1. The number of ether oxygens (including phenoxy) is 1. The Labute approximate surface area is 107 Å². The molecule has 18 heavy (non-hydrogen) atoms. The number of hydrogen-bond donors (Lipinski definition) is 1. The highest BCUT2D eigenvalue weighted by molar-refractivity contribution is 5.30. The van der Waals surface area contributed by atoms with E-state index in [1.54, 1.807) is 0 Å². The molecule has 4 heteroatoms. The molecular weight excluding hydrogens is 226 g/mol. The fourth-order valence-corrected chi connectivity index (χ4v) is 1.80. The van der Waals surface area contributed by atoms with Gasteiger partial charge in [-0.05, 0) is 31.5 Å². The Kier molecular flexibility index (Phi) is 3.99. The molecule has 2 N–H and O–H groups in total. The summed E-state index contributed by atoms with van der Waals surface area (Å²) < 4.78 is 7.83. The molecule has 4 nitrogen and oxygen atoms in total.